The molecule has 0 aliphatic heterocycles. The number of sulfonamides is 1. The Bertz CT molecular complexity index is 1410. The number of anilines is 2. The normalized spacial score (nSPS) is 11.2. The number of rotatable bonds is 7. The van der Waals surface area contributed by atoms with Gasteiger partial charge in [-0.25, -0.2) is 8.42 Å². The van der Waals surface area contributed by atoms with Crippen molar-refractivity contribution < 1.29 is 17.9 Å². The summed E-state index contributed by atoms with van der Waals surface area (Å²) in [6.45, 7) is 3.73. The van der Waals surface area contributed by atoms with Crippen molar-refractivity contribution in [3.8, 4) is 5.75 Å². The number of carbonyl (C=O) groups excluding carboxylic acids is 1. The molecule has 0 atom stereocenters. The van der Waals surface area contributed by atoms with E-state index in [0.717, 1.165) is 21.9 Å². The quantitative estimate of drug-likeness (QED) is 0.393. The number of benzene rings is 4. The number of hydrogen-bond acceptors (Lipinski definition) is 4. The van der Waals surface area contributed by atoms with Crippen LogP contribution in [0, 0.1) is 13.8 Å². The zero-order valence-corrected chi connectivity index (χ0v) is 19.1. The molecule has 0 heterocycles. The highest BCUT2D eigenvalue weighted by Crippen LogP contribution is 2.25. The Kier molecular flexibility index (Phi) is 6.33. The van der Waals surface area contributed by atoms with Gasteiger partial charge in [0, 0.05) is 16.8 Å². The van der Waals surface area contributed by atoms with Crippen LogP contribution in [0.25, 0.3) is 10.8 Å². The second-order valence-electron chi connectivity index (χ2n) is 7.74. The van der Waals surface area contributed by atoms with Gasteiger partial charge in [-0.3, -0.25) is 9.52 Å². The summed E-state index contributed by atoms with van der Waals surface area (Å²) in [6, 6.07) is 24.8. The summed E-state index contributed by atoms with van der Waals surface area (Å²) >= 11 is 0. The minimum Gasteiger partial charge on any atom is -0.483 e. The highest BCUT2D eigenvalue weighted by atomic mass is 32.2. The number of ether oxygens (including phenoxy) is 1. The Balaban J connectivity index is 1.38. The molecule has 0 aliphatic carbocycles. The van der Waals surface area contributed by atoms with Crippen LogP contribution in [-0.4, -0.2) is 20.9 Å². The second kappa shape index (κ2) is 9.34. The lowest BCUT2D eigenvalue weighted by molar-refractivity contribution is -0.118. The molecule has 0 aromatic heterocycles. The van der Waals surface area contributed by atoms with Crippen LogP contribution in [0.15, 0.2) is 89.8 Å². The minimum absolute atomic E-state index is 0.103. The smallest absolute Gasteiger partial charge is 0.262 e. The van der Waals surface area contributed by atoms with Crippen molar-refractivity contribution in [2.45, 2.75) is 18.7 Å². The number of hydrogen-bond donors (Lipinski definition) is 2. The van der Waals surface area contributed by atoms with Crippen molar-refractivity contribution in [3.05, 3.63) is 96.1 Å². The Labute approximate surface area is 193 Å². The lowest BCUT2D eigenvalue weighted by Gasteiger charge is -2.11. The fourth-order valence-corrected chi connectivity index (χ4v) is 4.45. The van der Waals surface area contributed by atoms with E-state index in [1.54, 1.807) is 24.3 Å². The van der Waals surface area contributed by atoms with Crippen LogP contribution in [0.5, 0.6) is 5.75 Å². The lowest BCUT2D eigenvalue weighted by atomic mass is 10.1. The van der Waals surface area contributed by atoms with Gasteiger partial charge < -0.3 is 10.1 Å². The van der Waals surface area contributed by atoms with Gasteiger partial charge in [-0.2, -0.15) is 0 Å². The maximum absolute atomic E-state index is 12.7. The first-order valence-corrected chi connectivity index (χ1v) is 11.9. The number of aryl methyl sites for hydroxylation is 2. The van der Waals surface area contributed by atoms with Gasteiger partial charge in [0.1, 0.15) is 5.75 Å². The number of fused-ring (bicyclic) bond motifs is 1. The third-order valence-electron chi connectivity index (χ3n) is 5.32. The average Bonchev–Trinajstić information content (AvgIpc) is 2.80. The molecule has 1 amide bonds. The fourth-order valence-electron chi connectivity index (χ4n) is 3.40. The van der Waals surface area contributed by atoms with Crippen LogP contribution >= 0.6 is 0 Å². The molecule has 0 unspecified atom stereocenters. The minimum atomic E-state index is -3.74. The Morgan fingerprint density at radius 1 is 0.818 bits per heavy atom. The Hall–Kier alpha value is -3.84. The molecule has 0 saturated heterocycles. The topological polar surface area (TPSA) is 84.5 Å². The largest absolute Gasteiger partial charge is 0.483 e. The number of nitrogens with one attached hydrogen (secondary N) is 2. The summed E-state index contributed by atoms with van der Waals surface area (Å²) in [5.74, 6) is 0.286. The fraction of sp³-hybridized carbons (Fsp3) is 0.115. The van der Waals surface area contributed by atoms with Crippen LogP contribution in [0.3, 0.4) is 0 Å². The van der Waals surface area contributed by atoms with Gasteiger partial charge in [0.25, 0.3) is 15.9 Å². The van der Waals surface area contributed by atoms with E-state index in [1.807, 2.05) is 62.4 Å². The zero-order chi connectivity index (χ0) is 23.4. The van der Waals surface area contributed by atoms with E-state index in [4.69, 9.17) is 4.74 Å². The number of amides is 1. The van der Waals surface area contributed by atoms with Gasteiger partial charge in [0.2, 0.25) is 0 Å². The molecule has 0 bridgehead atoms. The molecule has 4 aromatic carbocycles. The van der Waals surface area contributed by atoms with Gasteiger partial charge in [0.05, 0.1) is 4.90 Å². The highest BCUT2D eigenvalue weighted by Gasteiger charge is 2.15. The van der Waals surface area contributed by atoms with Crippen molar-refractivity contribution in [1.29, 1.82) is 0 Å². The molecule has 7 heteroatoms. The summed E-state index contributed by atoms with van der Waals surface area (Å²) < 4.78 is 33.6. The third kappa shape index (κ3) is 5.32. The van der Waals surface area contributed by atoms with Gasteiger partial charge in [-0.1, -0.05) is 42.5 Å². The molecular weight excluding hydrogens is 436 g/mol. The molecule has 4 rings (SSSR count). The maximum atomic E-state index is 12.7. The van der Waals surface area contributed by atoms with Crippen molar-refractivity contribution >= 4 is 38.1 Å². The molecule has 168 valence electrons. The molecule has 2 N–H and O–H groups in total. The van der Waals surface area contributed by atoms with E-state index in [9.17, 15) is 13.2 Å². The van der Waals surface area contributed by atoms with Crippen LogP contribution < -0.4 is 14.8 Å². The van der Waals surface area contributed by atoms with E-state index in [-0.39, 0.29) is 17.4 Å². The first-order chi connectivity index (χ1) is 15.8. The van der Waals surface area contributed by atoms with Crippen molar-refractivity contribution in [2.75, 3.05) is 16.6 Å². The van der Waals surface area contributed by atoms with Crippen molar-refractivity contribution in [2.24, 2.45) is 0 Å². The molecule has 0 radical (unpaired) electrons. The van der Waals surface area contributed by atoms with Crippen LogP contribution in [0.1, 0.15) is 11.1 Å². The van der Waals surface area contributed by atoms with Gasteiger partial charge in [0.15, 0.2) is 6.61 Å². The van der Waals surface area contributed by atoms with E-state index < -0.39 is 10.0 Å². The predicted octanol–water partition coefficient (Wildman–Crippen LogP) is 5.27. The predicted molar refractivity (Wildman–Crippen MR) is 131 cm³/mol. The van der Waals surface area contributed by atoms with E-state index in [0.29, 0.717) is 17.1 Å². The Morgan fingerprint density at radius 2 is 1.52 bits per heavy atom. The van der Waals surface area contributed by atoms with E-state index >= 15 is 0 Å². The van der Waals surface area contributed by atoms with Crippen molar-refractivity contribution in [1.82, 2.24) is 0 Å². The van der Waals surface area contributed by atoms with E-state index in [1.165, 1.54) is 12.1 Å². The average molecular weight is 461 g/mol. The second-order valence-corrected chi connectivity index (χ2v) is 9.43. The van der Waals surface area contributed by atoms with Crippen LogP contribution in [0.2, 0.25) is 0 Å². The molecule has 0 fully saturated rings. The summed E-state index contributed by atoms with van der Waals surface area (Å²) in [5, 5.41) is 4.68. The monoisotopic (exact) mass is 460 g/mol. The van der Waals surface area contributed by atoms with Crippen LogP contribution in [-0.2, 0) is 14.8 Å². The van der Waals surface area contributed by atoms with E-state index in [2.05, 4.69) is 10.0 Å². The molecule has 0 aliphatic rings. The van der Waals surface area contributed by atoms with Gasteiger partial charge >= 0.3 is 0 Å². The third-order valence-corrected chi connectivity index (χ3v) is 6.71. The molecule has 6 nitrogen and oxygen atoms in total. The highest BCUT2D eigenvalue weighted by molar-refractivity contribution is 7.92. The standard InChI is InChI=1S/C26H24N2O4S/c1-18-10-11-22(16-19(18)2)28-33(30,31)23-14-12-21(13-15-23)27-26(29)17-32-25-9-5-7-20-6-3-4-8-24(20)25/h3-16,28H,17H2,1-2H3,(H,27,29). The lowest BCUT2D eigenvalue weighted by Crippen LogP contribution is -2.20. The Morgan fingerprint density at radius 3 is 2.27 bits per heavy atom. The first kappa shape index (κ1) is 22.4. The molecule has 33 heavy (non-hydrogen) atoms. The van der Waals surface area contributed by atoms with Crippen molar-refractivity contribution in [3.63, 3.8) is 0 Å². The molecule has 0 spiro atoms. The molecule has 0 saturated carbocycles. The first-order valence-electron chi connectivity index (χ1n) is 10.4. The summed E-state index contributed by atoms with van der Waals surface area (Å²) in [4.78, 5) is 12.4. The zero-order valence-electron chi connectivity index (χ0n) is 18.3. The summed E-state index contributed by atoms with van der Waals surface area (Å²) in [7, 11) is -3.74. The number of carbonyl (C=O) groups is 1. The van der Waals surface area contributed by atoms with Gasteiger partial charge in [-0.05, 0) is 72.8 Å². The maximum Gasteiger partial charge on any atom is 0.262 e. The van der Waals surface area contributed by atoms with Crippen LogP contribution in [0.4, 0.5) is 11.4 Å². The summed E-state index contributed by atoms with van der Waals surface area (Å²) in [6.07, 6.45) is 0. The SMILES string of the molecule is Cc1ccc(NS(=O)(=O)c2ccc(NC(=O)COc3cccc4ccccc34)cc2)cc1C. The molecule has 4 aromatic rings. The summed E-state index contributed by atoms with van der Waals surface area (Å²) in [5.41, 5.74) is 3.06. The molecular formula is C26H24N2O4S. The van der Waals surface area contributed by atoms with Gasteiger partial charge in [-0.15, -0.1) is 0 Å².